The molecule has 1 saturated heterocycles. The number of hydrogen-bond acceptors (Lipinski definition) is 2. The first-order valence-corrected chi connectivity index (χ1v) is 8.76. The zero-order chi connectivity index (χ0) is 16.8. The molecule has 2 N–H and O–H groups in total. The molecule has 0 aliphatic carbocycles. The third-order valence-corrected chi connectivity index (χ3v) is 4.71. The Morgan fingerprint density at radius 2 is 2.13 bits per heavy atom. The second-order valence-electron chi connectivity index (χ2n) is 7.01. The highest BCUT2D eigenvalue weighted by atomic mass is 15.3. The van der Waals surface area contributed by atoms with Crippen molar-refractivity contribution in [2.75, 3.05) is 26.7 Å². The van der Waals surface area contributed by atoms with Gasteiger partial charge in [-0.2, -0.15) is 0 Å². The number of aliphatic imine (C=N–C) groups is 1. The molecular weight excluding hydrogens is 284 g/mol. The molecule has 2 atom stereocenters. The van der Waals surface area contributed by atoms with E-state index in [1.54, 1.807) is 0 Å². The maximum atomic E-state index is 4.38. The first-order valence-electron chi connectivity index (χ1n) is 8.76. The van der Waals surface area contributed by atoms with Crippen LogP contribution in [0.25, 0.3) is 0 Å². The molecule has 0 saturated carbocycles. The Hall–Kier alpha value is -1.55. The lowest BCUT2D eigenvalue weighted by atomic mass is 10.1. The van der Waals surface area contributed by atoms with Gasteiger partial charge >= 0.3 is 0 Å². The minimum Gasteiger partial charge on any atom is -0.356 e. The van der Waals surface area contributed by atoms with E-state index < -0.39 is 0 Å². The molecule has 4 nitrogen and oxygen atoms in total. The monoisotopic (exact) mass is 316 g/mol. The van der Waals surface area contributed by atoms with E-state index in [-0.39, 0.29) is 0 Å². The van der Waals surface area contributed by atoms with E-state index in [4.69, 9.17) is 0 Å². The number of rotatable bonds is 5. The van der Waals surface area contributed by atoms with Gasteiger partial charge in [0.05, 0.1) is 0 Å². The normalized spacial score (nSPS) is 22.6. The van der Waals surface area contributed by atoms with Crippen LogP contribution in [0.3, 0.4) is 0 Å². The van der Waals surface area contributed by atoms with Gasteiger partial charge in [-0.05, 0) is 38.7 Å². The third kappa shape index (κ3) is 5.24. The highest BCUT2D eigenvalue weighted by molar-refractivity contribution is 5.80. The number of hydrogen-bond donors (Lipinski definition) is 2. The molecule has 1 aromatic carbocycles. The Morgan fingerprint density at radius 3 is 2.74 bits per heavy atom. The molecule has 0 aromatic heterocycles. The quantitative estimate of drug-likeness (QED) is 0.647. The molecule has 4 heteroatoms. The first-order chi connectivity index (χ1) is 11.0. The van der Waals surface area contributed by atoms with Crippen molar-refractivity contribution in [3.63, 3.8) is 0 Å². The summed E-state index contributed by atoms with van der Waals surface area (Å²) >= 11 is 0. The molecule has 0 spiro atoms. The van der Waals surface area contributed by atoms with Crippen molar-refractivity contribution in [3.05, 3.63) is 35.4 Å². The predicted molar refractivity (Wildman–Crippen MR) is 99.0 cm³/mol. The Kier molecular flexibility index (Phi) is 6.46. The molecule has 1 aliphatic rings. The van der Waals surface area contributed by atoms with Gasteiger partial charge in [0.15, 0.2) is 5.96 Å². The van der Waals surface area contributed by atoms with E-state index in [9.17, 15) is 0 Å². The van der Waals surface area contributed by atoms with Crippen molar-refractivity contribution < 1.29 is 0 Å². The highest BCUT2D eigenvalue weighted by Crippen LogP contribution is 2.18. The summed E-state index contributed by atoms with van der Waals surface area (Å²) in [6, 6.07) is 9.78. The summed E-state index contributed by atoms with van der Waals surface area (Å²) in [6.07, 6.45) is 1.01. The molecule has 0 radical (unpaired) electrons. The largest absolute Gasteiger partial charge is 0.356 e. The van der Waals surface area contributed by atoms with Crippen LogP contribution in [0.4, 0.5) is 0 Å². The third-order valence-electron chi connectivity index (χ3n) is 4.71. The van der Waals surface area contributed by atoms with Crippen LogP contribution in [-0.2, 0) is 6.42 Å². The van der Waals surface area contributed by atoms with Gasteiger partial charge in [0, 0.05) is 38.8 Å². The highest BCUT2D eigenvalue weighted by Gasteiger charge is 2.31. The molecule has 0 amide bonds. The van der Waals surface area contributed by atoms with Crippen molar-refractivity contribution in [2.24, 2.45) is 10.9 Å². The van der Waals surface area contributed by atoms with E-state index >= 15 is 0 Å². The summed E-state index contributed by atoms with van der Waals surface area (Å²) in [4.78, 5) is 6.91. The van der Waals surface area contributed by atoms with Gasteiger partial charge in [0.2, 0.25) is 0 Å². The van der Waals surface area contributed by atoms with Gasteiger partial charge in [-0.15, -0.1) is 0 Å². The van der Waals surface area contributed by atoms with Gasteiger partial charge < -0.3 is 10.6 Å². The fourth-order valence-corrected chi connectivity index (χ4v) is 3.18. The molecule has 128 valence electrons. The van der Waals surface area contributed by atoms with E-state index in [0.717, 1.165) is 32.0 Å². The second kappa shape index (κ2) is 8.34. The van der Waals surface area contributed by atoms with Gasteiger partial charge in [-0.1, -0.05) is 36.8 Å². The zero-order valence-corrected chi connectivity index (χ0v) is 15.3. The van der Waals surface area contributed by atoms with Gasteiger partial charge in [-0.25, -0.2) is 0 Å². The number of likely N-dealkylation sites (tertiary alicyclic amines) is 1. The molecule has 1 aromatic rings. The minimum absolute atomic E-state index is 0.475. The second-order valence-corrected chi connectivity index (χ2v) is 7.01. The van der Waals surface area contributed by atoms with Crippen molar-refractivity contribution >= 4 is 5.96 Å². The molecule has 23 heavy (non-hydrogen) atoms. The van der Waals surface area contributed by atoms with Crippen LogP contribution in [-0.4, -0.2) is 49.6 Å². The summed E-state index contributed by atoms with van der Waals surface area (Å²) in [5.74, 6) is 1.56. The topological polar surface area (TPSA) is 39.7 Å². The van der Waals surface area contributed by atoms with Gasteiger partial charge in [0.1, 0.15) is 0 Å². The summed E-state index contributed by atoms with van der Waals surface area (Å²) in [5.41, 5.74) is 2.69. The minimum atomic E-state index is 0.475. The molecule has 1 aliphatic heterocycles. The number of aryl methyl sites for hydroxylation is 1. The zero-order valence-electron chi connectivity index (χ0n) is 15.3. The van der Waals surface area contributed by atoms with E-state index in [1.807, 2.05) is 7.05 Å². The maximum Gasteiger partial charge on any atom is 0.191 e. The number of benzene rings is 1. The lowest BCUT2D eigenvalue weighted by Crippen LogP contribution is -2.47. The average molecular weight is 316 g/mol. The summed E-state index contributed by atoms with van der Waals surface area (Å²) < 4.78 is 0. The van der Waals surface area contributed by atoms with Crippen molar-refractivity contribution in [1.29, 1.82) is 0 Å². The fraction of sp³-hybridized carbons (Fsp3) is 0.632. The van der Waals surface area contributed by atoms with Crippen LogP contribution in [0.15, 0.2) is 29.3 Å². The predicted octanol–water partition coefficient (Wildman–Crippen LogP) is 2.43. The van der Waals surface area contributed by atoms with Crippen molar-refractivity contribution in [2.45, 2.75) is 46.2 Å². The lowest BCUT2D eigenvalue weighted by Gasteiger charge is -2.22. The Labute approximate surface area is 141 Å². The van der Waals surface area contributed by atoms with Gasteiger partial charge in [-0.3, -0.25) is 9.89 Å². The van der Waals surface area contributed by atoms with Crippen LogP contribution in [0, 0.1) is 12.8 Å². The van der Waals surface area contributed by atoms with Crippen LogP contribution in [0.5, 0.6) is 0 Å². The van der Waals surface area contributed by atoms with Crippen LogP contribution in [0.1, 0.15) is 31.9 Å². The lowest BCUT2D eigenvalue weighted by molar-refractivity contribution is 0.265. The smallest absolute Gasteiger partial charge is 0.191 e. The van der Waals surface area contributed by atoms with E-state index in [0.29, 0.717) is 18.0 Å². The number of nitrogens with zero attached hydrogens (tertiary/aromatic N) is 2. The van der Waals surface area contributed by atoms with E-state index in [1.165, 1.54) is 11.1 Å². The Bertz CT molecular complexity index is 524. The summed E-state index contributed by atoms with van der Waals surface area (Å²) in [6.45, 7) is 12.2. The molecule has 0 bridgehead atoms. The molecule has 1 heterocycles. The van der Waals surface area contributed by atoms with E-state index in [2.05, 4.69) is 72.5 Å². The summed E-state index contributed by atoms with van der Waals surface area (Å²) in [5, 5.41) is 7.04. The average Bonchev–Trinajstić information content (AvgIpc) is 2.87. The summed E-state index contributed by atoms with van der Waals surface area (Å²) in [7, 11) is 1.85. The van der Waals surface area contributed by atoms with Crippen LogP contribution >= 0.6 is 0 Å². The first kappa shape index (κ1) is 17.8. The maximum absolute atomic E-state index is 4.38. The Morgan fingerprint density at radius 1 is 1.35 bits per heavy atom. The van der Waals surface area contributed by atoms with Crippen LogP contribution in [0.2, 0.25) is 0 Å². The number of nitrogens with one attached hydrogen (secondary N) is 2. The molecule has 1 fully saturated rings. The molecule has 2 unspecified atom stereocenters. The Balaban J connectivity index is 1.80. The van der Waals surface area contributed by atoms with Gasteiger partial charge in [0.25, 0.3) is 0 Å². The fourth-order valence-electron chi connectivity index (χ4n) is 3.18. The SMILES string of the molecule is CN=C(NCCc1cccc(C)c1)NC1CN(C(C)C)CC1C. The number of guanidine groups is 1. The standard InChI is InChI=1S/C19H32N4/c1-14(2)23-12-16(4)18(13-23)22-19(20-5)21-10-9-17-8-6-7-15(3)11-17/h6-8,11,14,16,18H,9-10,12-13H2,1-5H3,(H2,20,21,22). The molecule has 2 rings (SSSR count). The van der Waals surface area contributed by atoms with Crippen molar-refractivity contribution in [1.82, 2.24) is 15.5 Å². The van der Waals surface area contributed by atoms with Crippen molar-refractivity contribution in [3.8, 4) is 0 Å². The molecular formula is C19H32N4. The van der Waals surface area contributed by atoms with Crippen LogP contribution < -0.4 is 10.6 Å².